The molecule has 0 spiro atoms. The molecule has 0 aromatic heterocycles. The lowest BCUT2D eigenvalue weighted by atomic mass is 9.89. The van der Waals surface area contributed by atoms with Gasteiger partial charge < -0.3 is 10.6 Å². The number of rotatable bonds is 5. The van der Waals surface area contributed by atoms with Gasteiger partial charge in [0.05, 0.1) is 0 Å². The zero-order valence-electron chi connectivity index (χ0n) is 8.89. The molecule has 3 nitrogen and oxygen atoms in total. The number of carbonyl (C=O) groups is 1. The summed E-state index contributed by atoms with van der Waals surface area (Å²) in [7, 11) is 0. The number of hydrogen-bond acceptors (Lipinski definition) is 1. The normalized spacial score (nSPS) is 10.7. The van der Waals surface area contributed by atoms with Crippen molar-refractivity contribution in [1.29, 1.82) is 0 Å². The van der Waals surface area contributed by atoms with E-state index < -0.39 is 5.97 Å². The van der Waals surface area contributed by atoms with Crippen molar-refractivity contribution in [1.82, 2.24) is 0 Å². The molecule has 0 aliphatic rings. The summed E-state index contributed by atoms with van der Waals surface area (Å²) in [4.78, 5) is 10.2. The molecule has 80 valence electrons. The molecule has 0 saturated heterocycles. The van der Waals surface area contributed by atoms with Gasteiger partial charge in [0.1, 0.15) is 0 Å². The Morgan fingerprint density at radius 2 is 1.69 bits per heavy atom. The lowest BCUT2D eigenvalue weighted by Crippen LogP contribution is -2.04. The minimum absolute atomic E-state index is 0. The molecule has 0 rings (SSSR count). The molecule has 0 radical (unpaired) electrons. The fourth-order valence-corrected chi connectivity index (χ4v) is 1.11. The monoisotopic (exact) mass is 190 g/mol. The maximum atomic E-state index is 10.2. The van der Waals surface area contributed by atoms with Crippen LogP contribution in [0, 0.1) is 5.41 Å². The van der Waals surface area contributed by atoms with Crippen LogP contribution in [0.2, 0.25) is 0 Å². The van der Waals surface area contributed by atoms with E-state index >= 15 is 0 Å². The van der Waals surface area contributed by atoms with Crippen molar-refractivity contribution in [2.24, 2.45) is 5.41 Å². The van der Waals surface area contributed by atoms with Crippen molar-refractivity contribution < 1.29 is 15.4 Å². The van der Waals surface area contributed by atoms with E-state index in [0.29, 0.717) is 11.8 Å². The molecule has 0 aromatic carbocycles. The molecule has 0 aliphatic carbocycles. The molecule has 13 heavy (non-hydrogen) atoms. The Morgan fingerprint density at radius 3 is 2.08 bits per heavy atom. The highest BCUT2D eigenvalue weighted by atomic mass is 16.4. The molecule has 0 unspecified atom stereocenters. The topological polar surface area (TPSA) is 68.8 Å². The standard InChI is InChI=1S/C10H20O2.H2O/c1-10(2,3)8-6-4-5-7-9(11)12;/h4-8H2,1-3H3,(H,11,12);1H2. The molecule has 0 saturated carbocycles. The highest BCUT2D eigenvalue weighted by molar-refractivity contribution is 5.66. The van der Waals surface area contributed by atoms with Gasteiger partial charge in [-0.1, -0.05) is 33.6 Å². The lowest BCUT2D eigenvalue weighted by Gasteiger charge is -2.17. The van der Waals surface area contributed by atoms with E-state index in [1.165, 1.54) is 6.42 Å². The SMILES string of the molecule is CC(C)(C)CCCCCC(=O)O.O. The predicted molar refractivity (Wildman–Crippen MR) is 53.8 cm³/mol. The van der Waals surface area contributed by atoms with Crippen LogP contribution < -0.4 is 0 Å². The zero-order chi connectivity index (χ0) is 9.61. The first-order valence-electron chi connectivity index (χ1n) is 4.63. The fourth-order valence-electron chi connectivity index (χ4n) is 1.11. The Hall–Kier alpha value is -0.570. The fraction of sp³-hybridized carbons (Fsp3) is 0.900. The van der Waals surface area contributed by atoms with E-state index in [9.17, 15) is 4.79 Å². The second kappa shape index (κ2) is 6.89. The molecule has 0 heterocycles. The summed E-state index contributed by atoms with van der Waals surface area (Å²) in [6.07, 6.45) is 4.53. The van der Waals surface area contributed by atoms with Crippen LogP contribution in [0.4, 0.5) is 0 Å². The number of carboxylic acid groups (broad SMARTS) is 1. The first-order valence-corrected chi connectivity index (χ1v) is 4.63. The molecule has 0 fully saturated rings. The summed E-state index contributed by atoms with van der Waals surface area (Å²) in [5, 5.41) is 8.37. The maximum absolute atomic E-state index is 10.2. The van der Waals surface area contributed by atoms with Gasteiger partial charge in [0.2, 0.25) is 0 Å². The predicted octanol–water partition coefficient (Wildman–Crippen LogP) is 2.24. The Kier molecular flexibility index (Phi) is 7.92. The smallest absolute Gasteiger partial charge is 0.303 e. The van der Waals surface area contributed by atoms with Gasteiger partial charge in [0, 0.05) is 6.42 Å². The van der Waals surface area contributed by atoms with E-state index in [4.69, 9.17) is 5.11 Å². The summed E-state index contributed by atoms with van der Waals surface area (Å²) < 4.78 is 0. The summed E-state index contributed by atoms with van der Waals surface area (Å²) in [5.41, 5.74) is 0.392. The van der Waals surface area contributed by atoms with Crippen molar-refractivity contribution in [3.05, 3.63) is 0 Å². The van der Waals surface area contributed by atoms with Crippen LogP contribution in [0.15, 0.2) is 0 Å². The van der Waals surface area contributed by atoms with E-state index in [2.05, 4.69) is 20.8 Å². The highest BCUT2D eigenvalue weighted by Crippen LogP contribution is 2.22. The third-order valence-electron chi connectivity index (χ3n) is 1.82. The average Bonchev–Trinajstić information content (AvgIpc) is 1.83. The van der Waals surface area contributed by atoms with Crippen molar-refractivity contribution in [3.63, 3.8) is 0 Å². The van der Waals surface area contributed by atoms with Crippen LogP contribution in [-0.4, -0.2) is 16.6 Å². The third-order valence-corrected chi connectivity index (χ3v) is 1.82. The molecule has 3 heteroatoms. The number of aliphatic carboxylic acids is 1. The number of unbranched alkanes of at least 4 members (excludes halogenated alkanes) is 2. The minimum Gasteiger partial charge on any atom is -0.481 e. The van der Waals surface area contributed by atoms with Crippen LogP contribution in [0.25, 0.3) is 0 Å². The largest absolute Gasteiger partial charge is 0.481 e. The Labute approximate surface area is 80.5 Å². The molecular formula is C10H22O3. The van der Waals surface area contributed by atoms with Gasteiger partial charge in [-0.15, -0.1) is 0 Å². The van der Waals surface area contributed by atoms with Gasteiger partial charge in [-0.2, -0.15) is 0 Å². The molecular weight excluding hydrogens is 168 g/mol. The van der Waals surface area contributed by atoms with Crippen molar-refractivity contribution in [3.8, 4) is 0 Å². The second-order valence-corrected chi connectivity index (χ2v) is 4.52. The second-order valence-electron chi connectivity index (χ2n) is 4.52. The molecule has 0 aliphatic heterocycles. The van der Waals surface area contributed by atoms with Gasteiger partial charge in [0.15, 0.2) is 0 Å². The van der Waals surface area contributed by atoms with Crippen LogP contribution >= 0.6 is 0 Å². The van der Waals surface area contributed by atoms with Crippen LogP contribution in [-0.2, 0) is 4.79 Å². The molecule has 0 amide bonds. The van der Waals surface area contributed by atoms with Crippen LogP contribution in [0.5, 0.6) is 0 Å². The molecule has 0 aromatic rings. The Bertz CT molecular complexity index is 136. The number of hydrogen-bond donors (Lipinski definition) is 1. The number of carboxylic acids is 1. The molecule has 0 bridgehead atoms. The van der Waals surface area contributed by atoms with Gasteiger partial charge in [-0.25, -0.2) is 0 Å². The third kappa shape index (κ3) is 14.3. The van der Waals surface area contributed by atoms with Crippen molar-refractivity contribution in [2.75, 3.05) is 0 Å². The van der Waals surface area contributed by atoms with E-state index in [0.717, 1.165) is 19.3 Å². The van der Waals surface area contributed by atoms with Crippen molar-refractivity contribution >= 4 is 5.97 Å². The minimum atomic E-state index is -0.675. The lowest BCUT2D eigenvalue weighted by molar-refractivity contribution is -0.137. The van der Waals surface area contributed by atoms with Gasteiger partial charge in [-0.05, 0) is 18.3 Å². The first-order chi connectivity index (χ1) is 5.42. The first kappa shape index (κ1) is 14.9. The molecule has 0 atom stereocenters. The maximum Gasteiger partial charge on any atom is 0.303 e. The quantitative estimate of drug-likeness (QED) is 0.675. The van der Waals surface area contributed by atoms with E-state index in [1.807, 2.05) is 0 Å². The Balaban J connectivity index is 0. The summed E-state index contributed by atoms with van der Waals surface area (Å²) in [6.45, 7) is 6.64. The summed E-state index contributed by atoms with van der Waals surface area (Å²) >= 11 is 0. The van der Waals surface area contributed by atoms with E-state index in [-0.39, 0.29) is 5.48 Å². The Morgan fingerprint density at radius 1 is 1.15 bits per heavy atom. The van der Waals surface area contributed by atoms with Gasteiger partial charge in [-0.3, -0.25) is 4.79 Å². The van der Waals surface area contributed by atoms with Crippen molar-refractivity contribution in [2.45, 2.75) is 52.9 Å². The van der Waals surface area contributed by atoms with Gasteiger partial charge >= 0.3 is 5.97 Å². The zero-order valence-corrected chi connectivity index (χ0v) is 8.89. The summed E-state index contributed by atoms with van der Waals surface area (Å²) in [5.74, 6) is -0.675. The van der Waals surface area contributed by atoms with Gasteiger partial charge in [0.25, 0.3) is 0 Å². The van der Waals surface area contributed by atoms with Crippen LogP contribution in [0.3, 0.4) is 0 Å². The average molecular weight is 190 g/mol. The van der Waals surface area contributed by atoms with E-state index in [1.54, 1.807) is 0 Å². The van der Waals surface area contributed by atoms with Crippen LogP contribution in [0.1, 0.15) is 52.9 Å². The highest BCUT2D eigenvalue weighted by Gasteiger charge is 2.08. The molecule has 3 N–H and O–H groups in total. The summed E-state index contributed by atoms with van der Waals surface area (Å²) in [6, 6.07) is 0.